The molecule has 1 N–H and O–H groups in total. The first-order valence-electron chi connectivity index (χ1n) is 8.32. The molecule has 2 aromatic carbocycles. The number of aryl methyl sites for hydroxylation is 2. The summed E-state index contributed by atoms with van der Waals surface area (Å²) in [5.41, 5.74) is 6.01. The SMILES string of the molecule is Cc1cc2nc(C3CC3)n(Cc3cccc(C(=O)O)c3)c2cc1C. The topological polar surface area (TPSA) is 55.1 Å². The summed E-state index contributed by atoms with van der Waals surface area (Å²) < 4.78 is 2.26. The Bertz CT molecular complexity index is 952. The average Bonchev–Trinajstić information content (AvgIpc) is 3.34. The number of carbonyl (C=O) groups is 1. The normalized spacial score (nSPS) is 14.2. The van der Waals surface area contributed by atoms with E-state index >= 15 is 0 Å². The van der Waals surface area contributed by atoms with Crippen molar-refractivity contribution in [2.75, 3.05) is 0 Å². The Kier molecular flexibility index (Phi) is 3.41. The number of hydrogen-bond acceptors (Lipinski definition) is 2. The van der Waals surface area contributed by atoms with Gasteiger partial charge in [-0.25, -0.2) is 9.78 Å². The molecule has 4 heteroatoms. The second-order valence-corrected chi connectivity index (χ2v) is 6.76. The molecule has 3 aromatic rings. The van der Waals surface area contributed by atoms with Gasteiger partial charge < -0.3 is 9.67 Å². The van der Waals surface area contributed by atoms with E-state index in [1.165, 1.54) is 24.0 Å². The minimum absolute atomic E-state index is 0.330. The monoisotopic (exact) mass is 320 g/mol. The Morgan fingerprint density at radius 1 is 1.21 bits per heavy atom. The van der Waals surface area contributed by atoms with Gasteiger partial charge in [0.1, 0.15) is 5.82 Å². The van der Waals surface area contributed by atoms with Gasteiger partial charge in [0.2, 0.25) is 0 Å². The van der Waals surface area contributed by atoms with Crippen LogP contribution in [0.5, 0.6) is 0 Å². The minimum Gasteiger partial charge on any atom is -0.478 e. The minimum atomic E-state index is -0.888. The van der Waals surface area contributed by atoms with Crippen LogP contribution in [0, 0.1) is 13.8 Å². The third kappa shape index (κ3) is 2.58. The molecule has 1 fully saturated rings. The van der Waals surface area contributed by atoms with E-state index in [0.717, 1.165) is 22.4 Å². The van der Waals surface area contributed by atoms with E-state index in [1.54, 1.807) is 12.1 Å². The Morgan fingerprint density at radius 3 is 2.67 bits per heavy atom. The summed E-state index contributed by atoms with van der Waals surface area (Å²) in [5, 5.41) is 9.21. The third-order valence-corrected chi connectivity index (χ3v) is 4.85. The van der Waals surface area contributed by atoms with Crippen LogP contribution in [0.4, 0.5) is 0 Å². The van der Waals surface area contributed by atoms with Crippen LogP contribution in [0.25, 0.3) is 11.0 Å². The fourth-order valence-corrected chi connectivity index (χ4v) is 3.20. The van der Waals surface area contributed by atoms with Crippen molar-refractivity contribution in [2.45, 2.75) is 39.2 Å². The smallest absolute Gasteiger partial charge is 0.335 e. The van der Waals surface area contributed by atoms with Crippen molar-refractivity contribution >= 4 is 17.0 Å². The van der Waals surface area contributed by atoms with E-state index in [1.807, 2.05) is 12.1 Å². The maximum Gasteiger partial charge on any atom is 0.335 e. The van der Waals surface area contributed by atoms with Gasteiger partial charge >= 0.3 is 5.97 Å². The summed E-state index contributed by atoms with van der Waals surface area (Å²) >= 11 is 0. The fourth-order valence-electron chi connectivity index (χ4n) is 3.20. The van der Waals surface area contributed by atoms with Crippen molar-refractivity contribution in [1.29, 1.82) is 0 Å². The number of hydrogen-bond donors (Lipinski definition) is 1. The molecule has 0 unspecified atom stereocenters. The highest BCUT2D eigenvalue weighted by molar-refractivity contribution is 5.87. The van der Waals surface area contributed by atoms with Crippen molar-refractivity contribution in [2.24, 2.45) is 0 Å². The van der Waals surface area contributed by atoms with E-state index in [4.69, 9.17) is 4.98 Å². The molecule has 122 valence electrons. The summed E-state index contributed by atoms with van der Waals surface area (Å²) in [6.07, 6.45) is 2.38. The zero-order valence-electron chi connectivity index (χ0n) is 13.9. The highest BCUT2D eigenvalue weighted by Crippen LogP contribution is 2.41. The molecular formula is C20H20N2O2. The predicted molar refractivity (Wildman–Crippen MR) is 93.7 cm³/mol. The summed E-state index contributed by atoms with van der Waals surface area (Å²) in [5.74, 6) is 0.789. The van der Waals surface area contributed by atoms with Crippen LogP contribution in [-0.2, 0) is 6.54 Å². The van der Waals surface area contributed by atoms with E-state index < -0.39 is 5.97 Å². The van der Waals surface area contributed by atoms with Crippen LogP contribution in [0.1, 0.15) is 51.6 Å². The first-order valence-corrected chi connectivity index (χ1v) is 8.32. The Labute approximate surface area is 140 Å². The summed E-state index contributed by atoms with van der Waals surface area (Å²) in [7, 11) is 0. The lowest BCUT2D eigenvalue weighted by molar-refractivity contribution is 0.0696. The van der Waals surface area contributed by atoms with Crippen LogP contribution in [0.2, 0.25) is 0 Å². The number of fused-ring (bicyclic) bond motifs is 1. The molecule has 1 saturated carbocycles. The molecular weight excluding hydrogens is 300 g/mol. The van der Waals surface area contributed by atoms with E-state index in [2.05, 4.69) is 30.5 Å². The van der Waals surface area contributed by atoms with Crippen LogP contribution in [0.15, 0.2) is 36.4 Å². The Hall–Kier alpha value is -2.62. The van der Waals surface area contributed by atoms with Gasteiger partial charge in [0, 0.05) is 12.5 Å². The van der Waals surface area contributed by atoms with Gasteiger partial charge in [0.05, 0.1) is 16.6 Å². The largest absolute Gasteiger partial charge is 0.478 e. The lowest BCUT2D eigenvalue weighted by atomic mass is 10.1. The molecule has 4 rings (SSSR count). The number of imidazole rings is 1. The van der Waals surface area contributed by atoms with Crippen LogP contribution < -0.4 is 0 Å². The standard InChI is InChI=1S/C20H20N2O2/c1-12-8-17-18(9-13(12)2)22(19(21-17)15-6-7-15)11-14-4-3-5-16(10-14)20(23)24/h3-5,8-10,15H,6-7,11H2,1-2H3,(H,23,24). The van der Waals surface area contributed by atoms with Gasteiger partial charge in [-0.15, -0.1) is 0 Å². The molecule has 1 aliphatic rings. The number of benzene rings is 2. The predicted octanol–water partition coefficient (Wildman–Crippen LogP) is 4.28. The van der Waals surface area contributed by atoms with Crippen LogP contribution in [-0.4, -0.2) is 20.6 Å². The molecule has 0 amide bonds. The maximum absolute atomic E-state index is 11.2. The maximum atomic E-state index is 11.2. The summed E-state index contributed by atoms with van der Waals surface area (Å²) in [6.45, 7) is 4.89. The van der Waals surface area contributed by atoms with Gasteiger partial charge in [-0.05, 0) is 67.6 Å². The summed E-state index contributed by atoms with van der Waals surface area (Å²) in [4.78, 5) is 16.1. The molecule has 0 bridgehead atoms. The first kappa shape index (κ1) is 14.9. The van der Waals surface area contributed by atoms with Gasteiger partial charge in [-0.3, -0.25) is 0 Å². The molecule has 1 heterocycles. The lowest BCUT2D eigenvalue weighted by Crippen LogP contribution is -2.06. The quantitative estimate of drug-likeness (QED) is 0.780. The molecule has 1 aliphatic carbocycles. The molecule has 0 radical (unpaired) electrons. The number of aromatic nitrogens is 2. The Balaban J connectivity index is 1.83. The molecule has 4 nitrogen and oxygen atoms in total. The van der Waals surface area contributed by atoms with E-state index in [9.17, 15) is 9.90 Å². The number of carboxylic acids is 1. The third-order valence-electron chi connectivity index (χ3n) is 4.85. The number of aromatic carboxylic acids is 1. The Morgan fingerprint density at radius 2 is 1.96 bits per heavy atom. The van der Waals surface area contributed by atoms with E-state index in [-0.39, 0.29) is 0 Å². The van der Waals surface area contributed by atoms with Crippen molar-refractivity contribution in [3.05, 3.63) is 64.5 Å². The number of carboxylic acid groups (broad SMARTS) is 1. The van der Waals surface area contributed by atoms with Crippen molar-refractivity contribution in [1.82, 2.24) is 9.55 Å². The number of rotatable bonds is 4. The number of nitrogens with zero attached hydrogens (tertiary/aromatic N) is 2. The highest BCUT2D eigenvalue weighted by atomic mass is 16.4. The summed E-state index contributed by atoms with van der Waals surface area (Å²) in [6, 6.07) is 11.5. The zero-order valence-corrected chi connectivity index (χ0v) is 13.9. The molecule has 0 spiro atoms. The van der Waals surface area contributed by atoms with E-state index in [0.29, 0.717) is 18.0 Å². The molecule has 0 saturated heterocycles. The molecule has 0 aliphatic heterocycles. The van der Waals surface area contributed by atoms with Gasteiger partial charge in [-0.2, -0.15) is 0 Å². The molecule has 0 atom stereocenters. The zero-order chi connectivity index (χ0) is 16.8. The van der Waals surface area contributed by atoms with Gasteiger partial charge in [0.15, 0.2) is 0 Å². The molecule has 24 heavy (non-hydrogen) atoms. The second kappa shape index (κ2) is 5.48. The second-order valence-electron chi connectivity index (χ2n) is 6.76. The molecule has 1 aromatic heterocycles. The van der Waals surface area contributed by atoms with Gasteiger partial charge in [-0.1, -0.05) is 12.1 Å². The lowest BCUT2D eigenvalue weighted by Gasteiger charge is -2.10. The van der Waals surface area contributed by atoms with Crippen LogP contribution >= 0.6 is 0 Å². The highest BCUT2D eigenvalue weighted by Gasteiger charge is 2.29. The van der Waals surface area contributed by atoms with Crippen molar-refractivity contribution in [3.63, 3.8) is 0 Å². The van der Waals surface area contributed by atoms with Crippen LogP contribution in [0.3, 0.4) is 0 Å². The fraction of sp³-hybridized carbons (Fsp3) is 0.300. The van der Waals surface area contributed by atoms with Crippen molar-refractivity contribution in [3.8, 4) is 0 Å². The van der Waals surface area contributed by atoms with Crippen molar-refractivity contribution < 1.29 is 9.90 Å². The average molecular weight is 320 g/mol. The van der Waals surface area contributed by atoms with Gasteiger partial charge in [0.25, 0.3) is 0 Å². The first-order chi connectivity index (χ1) is 11.5.